The quantitative estimate of drug-likeness (QED) is 0.416. The number of β-amino-alcohol motifs (C(OH)–C–C–N with tert-alkyl or cyclic N) is 1. The second kappa shape index (κ2) is 14.0. The summed E-state index contributed by atoms with van der Waals surface area (Å²) in [5, 5.41) is 18.7. The van der Waals surface area contributed by atoms with Gasteiger partial charge in [-0.25, -0.2) is 4.79 Å². The Morgan fingerprint density at radius 1 is 0.846 bits per heavy atom. The molecule has 0 aromatic heterocycles. The molecule has 0 aromatic carbocycles. The number of nitrogens with zero attached hydrogens (tertiary/aromatic N) is 1. The average molecular weight is 370 g/mol. The molecular formula is C21H39NO4. The minimum atomic E-state index is -1.01. The van der Waals surface area contributed by atoms with Crippen LogP contribution in [0.15, 0.2) is 0 Å². The van der Waals surface area contributed by atoms with Crippen molar-refractivity contribution in [1.29, 1.82) is 0 Å². The van der Waals surface area contributed by atoms with Crippen LogP contribution >= 0.6 is 0 Å². The van der Waals surface area contributed by atoms with E-state index in [2.05, 4.69) is 6.92 Å². The minimum absolute atomic E-state index is 0.128. The zero-order valence-electron chi connectivity index (χ0n) is 16.6. The largest absolute Gasteiger partial charge is 0.480 e. The van der Waals surface area contributed by atoms with Crippen molar-refractivity contribution in [3.8, 4) is 0 Å². The van der Waals surface area contributed by atoms with Crippen LogP contribution in [0, 0.1) is 0 Å². The monoisotopic (exact) mass is 369 g/mol. The van der Waals surface area contributed by atoms with Crippen LogP contribution in [0.4, 0.5) is 0 Å². The standard InChI is InChI=1S/C21H39NO4/c1-2-3-4-5-6-7-8-9-10-11-12-13-14-15-20(24)22-17-18(23)16-19(22)21(25)26/h18-19,23H,2-17H2,1H3,(H,25,26)/t18-,19-/m1/s1. The van der Waals surface area contributed by atoms with Gasteiger partial charge in [0.2, 0.25) is 5.91 Å². The molecule has 26 heavy (non-hydrogen) atoms. The minimum Gasteiger partial charge on any atom is -0.480 e. The first kappa shape index (κ1) is 22.9. The van der Waals surface area contributed by atoms with Gasteiger partial charge in [0.15, 0.2) is 0 Å². The molecule has 1 heterocycles. The Balaban J connectivity index is 1.94. The second-order valence-electron chi connectivity index (χ2n) is 7.78. The Kier molecular flexibility index (Phi) is 12.4. The highest BCUT2D eigenvalue weighted by Gasteiger charge is 2.38. The van der Waals surface area contributed by atoms with Crippen molar-refractivity contribution in [2.45, 2.75) is 115 Å². The number of carbonyl (C=O) groups is 2. The highest BCUT2D eigenvalue weighted by Crippen LogP contribution is 2.20. The molecule has 1 aliphatic heterocycles. The summed E-state index contributed by atoms with van der Waals surface area (Å²) >= 11 is 0. The Labute approximate surface area is 159 Å². The maximum atomic E-state index is 12.2. The van der Waals surface area contributed by atoms with Gasteiger partial charge in [-0.3, -0.25) is 4.79 Å². The summed E-state index contributed by atoms with van der Waals surface area (Å²) in [5.41, 5.74) is 0. The molecule has 1 rings (SSSR count). The number of hydrogen-bond donors (Lipinski definition) is 2. The zero-order valence-corrected chi connectivity index (χ0v) is 16.6. The van der Waals surface area contributed by atoms with Crippen molar-refractivity contribution >= 4 is 11.9 Å². The molecule has 1 fully saturated rings. The number of unbranched alkanes of at least 4 members (excludes halogenated alkanes) is 12. The number of likely N-dealkylation sites (tertiary alicyclic amines) is 1. The van der Waals surface area contributed by atoms with E-state index in [1.165, 1.54) is 69.1 Å². The average Bonchev–Trinajstić information content (AvgIpc) is 3.01. The fourth-order valence-electron chi connectivity index (χ4n) is 3.76. The fraction of sp³-hybridized carbons (Fsp3) is 0.905. The summed E-state index contributed by atoms with van der Waals surface area (Å²) < 4.78 is 0. The van der Waals surface area contributed by atoms with E-state index in [0.29, 0.717) is 6.42 Å². The first-order valence-corrected chi connectivity index (χ1v) is 10.8. The van der Waals surface area contributed by atoms with Gasteiger partial charge in [-0.15, -0.1) is 0 Å². The van der Waals surface area contributed by atoms with Crippen molar-refractivity contribution in [2.24, 2.45) is 0 Å². The molecule has 2 atom stereocenters. The highest BCUT2D eigenvalue weighted by atomic mass is 16.4. The summed E-state index contributed by atoms with van der Waals surface area (Å²) in [5.74, 6) is -1.14. The number of hydrogen-bond acceptors (Lipinski definition) is 3. The van der Waals surface area contributed by atoms with Gasteiger partial charge in [0.25, 0.3) is 0 Å². The molecule has 5 nitrogen and oxygen atoms in total. The van der Waals surface area contributed by atoms with Crippen LogP contribution < -0.4 is 0 Å². The lowest BCUT2D eigenvalue weighted by atomic mass is 10.0. The van der Waals surface area contributed by atoms with Crippen LogP contribution in [0.25, 0.3) is 0 Å². The van der Waals surface area contributed by atoms with E-state index < -0.39 is 18.1 Å². The third kappa shape index (κ3) is 9.56. The zero-order chi connectivity index (χ0) is 19.2. The number of carboxylic acids is 1. The van der Waals surface area contributed by atoms with E-state index in [4.69, 9.17) is 5.11 Å². The Bertz CT molecular complexity index is 399. The highest BCUT2D eigenvalue weighted by molar-refractivity contribution is 5.84. The molecule has 0 radical (unpaired) electrons. The van der Waals surface area contributed by atoms with Crippen molar-refractivity contribution in [3.05, 3.63) is 0 Å². The lowest BCUT2D eigenvalue weighted by Crippen LogP contribution is -2.40. The van der Waals surface area contributed by atoms with Crippen molar-refractivity contribution in [2.75, 3.05) is 6.54 Å². The molecule has 1 saturated heterocycles. The lowest BCUT2D eigenvalue weighted by molar-refractivity contribution is -0.148. The molecular weight excluding hydrogens is 330 g/mol. The van der Waals surface area contributed by atoms with E-state index in [1.807, 2.05) is 0 Å². The summed E-state index contributed by atoms with van der Waals surface area (Å²) in [7, 11) is 0. The van der Waals surface area contributed by atoms with Crippen molar-refractivity contribution < 1.29 is 19.8 Å². The van der Waals surface area contributed by atoms with E-state index in [9.17, 15) is 14.7 Å². The SMILES string of the molecule is CCCCCCCCCCCCCCCC(=O)N1C[C@H](O)C[C@@H]1C(=O)O. The maximum absolute atomic E-state index is 12.2. The first-order chi connectivity index (χ1) is 12.6. The normalized spacial score (nSPS) is 19.8. The fourth-order valence-corrected chi connectivity index (χ4v) is 3.76. The van der Waals surface area contributed by atoms with E-state index in [-0.39, 0.29) is 18.9 Å². The summed E-state index contributed by atoms with van der Waals surface area (Å²) in [6.07, 6.45) is 16.2. The maximum Gasteiger partial charge on any atom is 0.326 e. The molecule has 2 N–H and O–H groups in total. The molecule has 1 amide bonds. The van der Waals surface area contributed by atoms with Crippen LogP contribution in [0.5, 0.6) is 0 Å². The predicted molar refractivity (Wildman–Crippen MR) is 104 cm³/mol. The first-order valence-electron chi connectivity index (χ1n) is 10.8. The van der Waals surface area contributed by atoms with Gasteiger partial charge < -0.3 is 15.1 Å². The number of rotatable bonds is 15. The van der Waals surface area contributed by atoms with Gasteiger partial charge in [-0.1, -0.05) is 84.0 Å². The number of aliphatic hydroxyl groups is 1. The van der Waals surface area contributed by atoms with Gasteiger partial charge in [0, 0.05) is 19.4 Å². The van der Waals surface area contributed by atoms with Crippen LogP contribution in [0.1, 0.15) is 103 Å². The van der Waals surface area contributed by atoms with Crippen LogP contribution in [0.3, 0.4) is 0 Å². The van der Waals surface area contributed by atoms with Crippen LogP contribution in [-0.2, 0) is 9.59 Å². The Hall–Kier alpha value is -1.10. The number of aliphatic carboxylic acids is 1. The van der Waals surface area contributed by atoms with Crippen LogP contribution in [0.2, 0.25) is 0 Å². The van der Waals surface area contributed by atoms with Gasteiger partial charge in [-0.2, -0.15) is 0 Å². The smallest absolute Gasteiger partial charge is 0.326 e. The number of carboxylic acid groups (broad SMARTS) is 1. The number of carbonyl (C=O) groups excluding carboxylic acids is 1. The Morgan fingerprint density at radius 2 is 1.31 bits per heavy atom. The second-order valence-corrected chi connectivity index (χ2v) is 7.78. The topological polar surface area (TPSA) is 77.8 Å². The third-order valence-electron chi connectivity index (χ3n) is 5.38. The molecule has 0 unspecified atom stereocenters. The molecule has 0 bridgehead atoms. The van der Waals surface area contributed by atoms with E-state index in [0.717, 1.165) is 19.3 Å². The van der Waals surface area contributed by atoms with Gasteiger partial charge in [0.05, 0.1) is 6.10 Å². The molecule has 0 aromatic rings. The van der Waals surface area contributed by atoms with Gasteiger partial charge in [0.1, 0.15) is 6.04 Å². The Morgan fingerprint density at radius 3 is 1.77 bits per heavy atom. The van der Waals surface area contributed by atoms with E-state index >= 15 is 0 Å². The van der Waals surface area contributed by atoms with Crippen molar-refractivity contribution in [1.82, 2.24) is 4.90 Å². The molecule has 1 aliphatic rings. The molecule has 5 heteroatoms. The number of aliphatic hydroxyl groups excluding tert-OH is 1. The van der Waals surface area contributed by atoms with E-state index in [1.54, 1.807) is 0 Å². The summed E-state index contributed by atoms with van der Waals surface area (Å²) in [4.78, 5) is 24.6. The molecule has 0 saturated carbocycles. The van der Waals surface area contributed by atoms with Gasteiger partial charge in [-0.05, 0) is 6.42 Å². The summed E-state index contributed by atoms with van der Waals surface area (Å²) in [6, 6.07) is -0.848. The summed E-state index contributed by atoms with van der Waals surface area (Å²) in [6.45, 7) is 2.41. The van der Waals surface area contributed by atoms with Crippen molar-refractivity contribution in [3.63, 3.8) is 0 Å². The van der Waals surface area contributed by atoms with Crippen LogP contribution in [-0.4, -0.2) is 45.7 Å². The predicted octanol–water partition coefficient (Wildman–Crippen LogP) is 4.51. The lowest BCUT2D eigenvalue weighted by Gasteiger charge is -2.21. The van der Waals surface area contributed by atoms with Gasteiger partial charge >= 0.3 is 5.97 Å². The molecule has 152 valence electrons. The number of amides is 1. The third-order valence-corrected chi connectivity index (χ3v) is 5.38. The molecule has 0 aliphatic carbocycles. The molecule has 0 spiro atoms.